The minimum Gasteiger partial charge on any atom is -0.0683 e. The summed E-state index contributed by atoms with van der Waals surface area (Å²) >= 11 is 0. The number of benzene rings is 1. The first-order chi connectivity index (χ1) is 6.11. The van der Waals surface area contributed by atoms with Crippen molar-refractivity contribution in [3.63, 3.8) is 0 Å². The topological polar surface area (TPSA) is 0 Å². The van der Waals surface area contributed by atoms with Crippen LogP contribution in [0.5, 0.6) is 0 Å². The van der Waals surface area contributed by atoms with Crippen LogP contribution in [0.3, 0.4) is 0 Å². The molecule has 0 saturated carbocycles. The molecule has 0 fully saturated rings. The van der Waals surface area contributed by atoms with Crippen LogP contribution in [0.4, 0.5) is 0 Å². The lowest BCUT2D eigenvalue weighted by Crippen LogP contribution is -1.89. The van der Waals surface area contributed by atoms with Gasteiger partial charge < -0.3 is 0 Å². The van der Waals surface area contributed by atoms with Crippen molar-refractivity contribution in [3.05, 3.63) is 34.9 Å². The molecule has 0 spiro atoms. The molecule has 0 atom stereocenters. The predicted molar refractivity (Wildman–Crippen MR) is 61.4 cm³/mol. The van der Waals surface area contributed by atoms with Gasteiger partial charge in [0, 0.05) is 0 Å². The van der Waals surface area contributed by atoms with Crippen LogP contribution in [-0.4, -0.2) is 0 Å². The van der Waals surface area contributed by atoms with Crippen molar-refractivity contribution in [1.82, 2.24) is 0 Å². The summed E-state index contributed by atoms with van der Waals surface area (Å²) in [6, 6.07) is 6.69. The fourth-order valence-corrected chi connectivity index (χ4v) is 1.12. The number of aryl methyl sites for hydroxylation is 2. The summed E-state index contributed by atoms with van der Waals surface area (Å²) in [4.78, 5) is 0. The maximum atomic E-state index is 2.28. The highest BCUT2D eigenvalue weighted by atomic mass is 14.0. The van der Waals surface area contributed by atoms with E-state index in [0.717, 1.165) is 0 Å². The Balaban J connectivity index is 0.000000671. The second-order valence-corrected chi connectivity index (χ2v) is 3.50. The third-order valence-corrected chi connectivity index (χ3v) is 2.20. The summed E-state index contributed by atoms with van der Waals surface area (Å²) in [5.74, 6) is 0.647. The van der Waals surface area contributed by atoms with Gasteiger partial charge in [-0.15, -0.1) is 0 Å². The zero-order valence-electron chi connectivity index (χ0n) is 9.81. The van der Waals surface area contributed by atoms with Gasteiger partial charge >= 0.3 is 0 Å². The molecule has 0 heteroatoms. The van der Waals surface area contributed by atoms with Gasteiger partial charge in [0.05, 0.1) is 0 Å². The van der Waals surface area contributed by atoms with Crippen LogP contribution in [0.25, 0.3) is 0 Å². The second-order valence-electron chi connectivity index (χ2n) is 3.50. The maximum absolute atomic E-state index is 2.28. The van der Waals surface area contributed by atoms with E-state index in [1.807, 2.05) is 13.8 Å². The summed E-state index contributed by atoms with van der Waals surface area (Å²) in [6.45, 7) is 12.8. The van der Waals surface area contributed by atoms with Crippen molar-refractivity contribution in [2.45, 2.75) is 47.5 Å². The highest BCUT2D eigenvalue weighted by Crippen LogP contribution is 2.17. The van der Waals surface area contributed by atoms with Crippen molar-refractivity contribution < 1.29 is 0 Å². The van der Waals surface area contributed by atoms with Crippen LogP contribution in [0.2, 0.25) is 0 Å². The molecule has 13 heavy (non-hydrogen) atoms. The summed E-state index contributed by atoms with van der Waals surface area (Å²) in [6.07, 6.45) is 0. The Kier molecular flexibility index (Phi) is 5.45. The fraction of sp³-hybridized carbons (Fsp3) is 0.538. The van der Waals surface area contributed by atoms with Crippen LogP contribution in [0.1, 0.15) is 50.3 Å². The van der Waals surface area contributed by atoms with Gasteiger partial charge in [0.1, 0.15) is 0 Å². The molecule has 0 bridgehead atoms. The Labute approximate surface area is 83.0 Å². The summed E-state index contributed by atoms with van der Waals surface area (Å²) < 4.78 is 0. The number of hydrogen-bond donors (Lipinski definition) is 0. The van der Waals surface area contributed by atoms with Gasteiger partial charge in [0.15, 0.2) is 0 Å². The molecule has 0 heterocycles. The Hall–Kier alpha value is -0.780. The second kappa shape index (κ2) is 5.80. The van der Waals surface area contributed by atoms with Crippen molar-refractivity contribution >= 4 is 0 Å². The minimum atomic E-state index is 0.647. The van der Waals surface area contributed by atoms with E-state index in [1.54, 1.807) is 0 Å². The normalized spacial score (nSPS) is 9.46. The average Bonchev–Trinajstić information content (AvgIpc) is 2.13. The average molecular weight is 178 g/mol. The molecule has 0 saturated heterocycles. The molecule has 0 aliphatic heterocycles. The molecule has 1 aromatic carbocycles. The smallest absolute Gasteiger partial charge is 0.0219 e. The van der Waals surface area contributed by atoms with E-state index in [2.05, 4.69) is 45.9 Å². The molecule has 0 nitrogen and oxygen atoms in total. The van der Waals surface area contributed by atoms with Crippen LogP contribution in [0, 0.1) is 13.8 Å². The minimum absolute atomic E-state index is 0.647. The molecule has 0 unspecified atom stereocenters. The SMILES string of the molecule is CC.Cc1ccc(C(C)C)cc1C. The summed E-state index contributed by atoms with van der Waals surface area (Å²) in [5, 5.41) is 0. The van der Waals surface area contributed by atoms with Gasteiger partial charge in [0.2, 0.25) is 0 Å². The maximum Gasteiger partial charge on any atom is -0.0219 e. The van der Waals surface area contributed by atoms with Gasteiger partial charge in [-0.1, -0.05) is 45.9 Å². The van der Waals surface area contributed by atoms with Crippen molar-refractivity contribution in [2.24, 2.45) is 0 Å². The first kappa shape index (κ1) is 12.2. The zero-order chi connectivity index (χ0) is 10.4. The van der Waals surface area contributed by atoms with Gasteiger partial charge in [0.25, 0.3) is 0 Å². The Morgan fingerprint density at radius 2 is 1.46 bits per heavy atom. The molecule has 0 N–H and O–H groups in total. The Morgan fingerprint density at radius 1 is 0.923 bits per heavy atom. The zero-order valence-corrected chi connectivity index (χ0v) is 9.81. The van der Waals surface area contributed by atoms with Gasteiger partial charge in [-0.3, -0.25) is 0 Å². The third kappa shape index (κ3) is 3.63. The van der Waals surface area contributed by atoms with Crippen molar-refractivity contribution in [3.8, 4) is 0 Å². The molecular formula is C13H22. The van der Waals surface area contributed by atoms with Gasteiger partial charge in [-0.05, 0) is 36.5 Å². The lowest BCUT2D eigenvalue weighted by Gasteiger charge is -2.07. The number of rotatable bonds is 1. The Bertz CT molecular complexity index is 246. The quantitative estimate of drug-likeness (QED) is 0.596. The molecular weight excluding hydrogens is 156 g/mol. The van der Waals surface area contributed by atoms with Crippen molar-refractivity contribution in [1.29, 1.82) is 0 Å². The van der Waals surface area contributed by atoms with E-state index in [0.29, 0.717) is 5.92 Å². The van der Waals surface area contributed by atoms with E-state index in [1.165, 1.54) is 16.7 Å². The first-order valence-electron chi connectivity index (χ1n) is 5.18. The first-order valence-corrected chi connectivity index (χ1v) is 5.18. The lowest BCUT2D eigenvalue weighted by molar-refractivity contribution is 0.864. The fourth-order valence-electron chi connectivity index (χ4n) is 1.12. The Morgan fingerprint density at radius 3 is 1.85 bits per heavy atom. The number of hydrogen-bond acceptors (Lipinski definition) is 0. The van der Waals surface area contributed by atoms with E-state index in [4.69, 9.17) is 0 Å². The van der Waals surface area contributed by atoms with Crippen LogP contribution in [-0.2, 0) is 0 Å². The standard InChI is InChI=1S/C11H16.C2H6/c1-8(2)11-6-5-9(3)10(4)7-11;1-2/h5-8H,1-4H3;1-2H3. The largest absolute Gasteiger partial charge is 0.0683 e. The van der Waals surface area contributed by atoms with E-state index in [-0.39, 0.29) is 0 Å². The molecule has 74 valence electrons. The highest BCUT2D eigenvalue weighted by molar-refractivity contribution is 5.31. The monoisotopic (exact) mass is 178 g/mol. The highest BCUT2D eigenvalue weighted by Gasteiger charge is 1.99. The summed E-state index contributed by atoms with van der Waals surface area (Å²) in [5.41, 5.74) is 4.22. The molecule has 1 rings (SSSR count). The van der Waals surface area contributed by atoms with E-state index < -0.39 is 0 Å². The molecule has 0 radical (unpaired) electrons. The van der Waals surface area contributed by atoms with Crippen LogP contribution in [0.15, 0.2) is 18.2 Å². The lowest BCUT2D eigenvalue weighted by atomic mass is 9.99. The third-order valence-electron chi connectivity index (χ3n) is 2.20. The molecule has 1 aromatic rings. The summed E-state index contributed by atoms with van der Waals surface area (Å²) in [7, 11) is 0. The van der Waals surface area contributed by atoms with Gasteiger partial charge in [-0.25, -0.2) is 0 Å². The van der Waals surface area contributed by atoms with Gasteiger partial charge in [-0.2, -0.15) is 0 Å². The predicted octanol–water partition coefficient (Wildman–Crippen LogP) is 4.45. The van der Waals surface area contributed by atoms with E-state index >= 15 is 0 Å². The molecule has 0 amide bonds. The molecule has 0 aromatic heterocycles. The molecule has 0 aliphatic rings. The van der Waals surface area contributed by atoms with E-state index in [9.17, 15) is 0 Å². The molecule has 0 aliphatic carbocycles. The van der Waals surface area contributed by atoms with Crippen molar-refractivity contribution in [2.75, 3.05) is 0 Å². The van der Waals surface area contributed by atoms with Crippen LogP contribution < -0.4 is 0 Å². The van der Waals surface area contributed by atoms with Crippen LogP contribution >= 0.6 is 0 Å².